The largest absolute Gasteiger partial charge is 0.493 e. The number of methoxy groups -OCH3 is 2. The van der Waals surface area contributed by atoms with Gasteiger partial charge in [-0.1, -0.05) is 12.1 Å². The zero-order valence-electron chi connectivity index (χ0n) is 16.3. The van der Waals surface area contributed by atoms with Gasteiger partial charge < -0.3 is 19.7 Å². The number of benzene rings is 1. The van der Waals surface area contributed by atoms with Crippen molar-refractivity contribution in [1.29, 1.82) is 0 Å². The van der Waals surface area contributed by atoms with E-state index in [9.17, 15) is 9.59 Å². The van der Waals surface area contributed by atoms with Gasteiger partial charge in [-0.05, 0) is 42.0 Å². The van der Waals surface area contributed by atoms with Crippen LogP contribution in [0.25, 0.3) is 0 Å². The van der Waals surface area contributed by atoms with Crippen LogP contribution in [0.2, 0.25) is 0 Å². The third-order valence-corrected chi connectivity index (χ3v) is 5.81. The summed E-state index contributed by atoms with van der Waals surface area (Å²) in [5.41, 5.74) is 0.874. The lowest BCUT2D eigenvalue weighted by molar-refractivity contribution is -0.131. The average molecular weight is 403 g/mol. The fourth-order valence-electron chi connectivity index (χ4n) is 3.40. The summed E-state index contributed by atoms with van der Waals surface area (Å²) in [6.07, 6.45) is 2.33. The van der Waals surface area contributed by atoms with E-state index in [1.807, 2.05) is 34.5 Å². The number of nitrogens with zero attached hydrogens (tertiary/aromatic N) is 1. The van der Waals surface area contributed by atoms with Crippen molar-refractivity contribution >= 4 is 23.2 Å². The van der Waals surface area contributed by atoms with Crippen LogP contribution < -0.4 is 14.8 Å². The molecule has 1 aromatic carbocycles. The van der Waals surface area contributed by atoms with Crippen molar-refractivity contribution in [2.75, 3.05) is 27.3 Å². The highest BCUT2D eigenvalue weighted by Gasteiger charge is 2.24. The number of likely N-dealkylation sites (tertiary alicyclic amines) is 1. The van der Waals surface area contributed by atoms with Gasteiger partial charge in [0.15, 0.2) is 11.5 Å². The molecule has 6 nitrogen and oxygen atoms in total. The molecule has 28 heavy (non-hydrogen) atoms. The van der Waals surface area contributed by atoms with Gasteiger partial charge in [-0.2, -0.15) is 0 Å². The second-order valence-electron chi connectivity index (χ2n) is 6.84. The second-order valence-corrected chi connectivity index (χ2v) is 7.88. The van der Waals surface area contributed by atoms with Crippen LogP contribution in [0.5, 0.6) is 11.5 Å². The Morgan fingerprint density at radius 2 is 1.86 bits per heavy atom. The van der Waals surface area contributed by atoms with Gasteiger partial charge in [0.2, 0.25) is 11.8 Å². The van der Waals surface area contributed by atoms with Crippen LogP contribution in [-0.4, -0.2) is 50.1 Å². The van der Waals surface area contributed by atoms with E-state index in [1.54, 1.807) is 31.6 Å². The van der Waals surface area contributed by atoms with E-state index in [1.165, 1.54) is 0 Å². The van der Waals surface area contributed by atoms with E-state index < -0.39 is 0 Å². The van der Waals surface area contributed by atoms with E-state index in [4.69, 9.17) is 9.47 Å². The number of hydrogen-bond acceptors (Lipinski definition) is 5. The SMILES string of the molecule is COc1ccc(CC(=O)NC2CCN(C(=O)Cc3cccs3)CC2)cc1OC. The van der Waals surface area contributed by atoms with Crippen molar-refractivity contribution < 1.29 is 19.1 Å². The summed E-state index contributed by atoms with van der Waals surface area (Å²) < 4.78 is 10.5. The first-order valence-corrected chi connectivity index (χ1v) is 10.3. The van der Waals surface area contributed by atoms with Crippen molar-refractivity contribution in [3.8, 4) is 11.5 Å². The van der Waals surface area contributed by atoms with Crippen LogP contribution in [0.3, 0.4) is 0 Å². The quantitative estimate of drug-likeness (QED) is 0.773. The van der Waals surface area contributed by atoms with E-state index >= 15 is 0 Å². The zero-order chi connectivity index (χ0) is 19.9. The summed E-state index contributed by atoms with van der Waals surface area (Å²) in [6.45, 7) is 1.37. The molecule has 2 amide bonds. The number of rotatable bonds is 7. The van der Waals surface area contributed by atoms with Crippen LogP contribution in [0.15, 0.2) is 35.7 Å². The standard InChI is InChI=1S/C21H26N2O4S/c1-26-18-6-5-15(12-19(18)27-2)13-20(24)22-16-7-9-23(10-8-16)21(25)14-17-4-3-11-28-17/h3-6,11-12,16H,7-10,13-14H2,1-2H3,(H,22,24). The highest BCUT2D eigenvalue weighted by Crippen LogP contribution is 2.27. The average Bonchev–Trinajstić information content (AvgIpc) is 3.21. The summed E-state index contributed by atoms with van der Waals surface area (Å²) >= 11 is 1.61. The predicted molar refractivity (Wildman–Crippen MR) is 109 cm³/mol. The minimum absolute atomic E-state index is 0.0180. The Bertz CT molecular complexity index is 799. The number of ether oxygens (including phenoxy) is 2. The van der Waals surface area contributed by atoms with Crippen LogP contribution in [0.1, 0.15) is 23.3 Å². The summed E-state index contributed by atoms with van der Waals surface area (Å²) in [6, 6.07) is 9.56. The zero-order valence-corrected chi connectivity index (χ0v) is 17.1. The molecule has 0 aliphatic carbocycles. The smallest absolute Gasteiger partial charge is 0.227 e. The van der Waals surface area contributed by atoms with Crippen molar-refractivity contribution in [3.63, 3.8) is 0 Å². The van der Waals surface area contributed by atoms with E-state index in [0.29, 0.717) is 31.0 Å². The molecule has 2 heterocycles. The molecule has 1 saturated heterocycles. The molecule has 0 atom stereocenters. The Balaban J connectivity index is 1.45. The minimum atomic E-state index is -0.0180. The van der Waals surface area contributed by atoms with Crippen LogP contribution in [0, 0.1) is 0 Å². The topological polar surface area (TPSA) is 67.9 Å². The third-order valence-electron chi connectivity index (χ3n) is 4.93. The summed E-state index contributed by atoms with van der Waals surface area (Å²) in [5.74, 6) is 1.41. The molecule has 1 fully saturated rings. The molecule has 1 aromatic heterocycles. The molecule has 2 aromatic rings. The van der Waals surface area contributed by atoms with Gasteiger partial charge >= 0.3 is 0 Å². The van der Waals surface area contributed by atoms with Crippen molar-refractivity contribution in [3.05, 3.63) is 46.2 Å². The van der Waals surface area contributed by atoms with Gasteiger partial charge in [-0.25, -0.2) is 0 Å². The fourth-order valence-corrected chi connectivity index (χ4v) is 4.10. The second kappa shape index (κ2) is 9.59. The molecule has 0 bridgehead atoms. The first-order valence-electron chi connectivity index (χ1n) is 9.39. The Labute approximate surface area is 169 Å². The summed E-state index contributed by atoms with van der Waals surface area (Å²) in [4.78, 5) is 27.8. The molecule has 0 unspecified atom stereocenters. The Hall–Kier alpha value is -2.54. The van der Waals surface area contributed by atoms with Gasteiger partial charge in [0, 0.05) is 24.0 Å². The van der Waals surface area contributed by atoms with E-state index in [2.05, 4.69) is 5.32 Å². The molecule has 0 saturated carbocycles. The van der Waals surface area contributed by atoms with Crippen molar-refractivity contribution in [2.45, 2.75) is 31.7 Å². The number of piperidine rings is 1. The lowest BCUT2D eigenvalue weighted by Gasteiger charge is -2.32. The van der Waals surface area contributed by atoms with Crippen LogP contribution in [0.4, 0.5) is 0 Å². The van der Waals surface area contributed by atoms with Crippen molar-refractivity contribution in [2.24, 2.45) is 0 Å². The summed E-state index contributed by atoms with van der Waals surface area (Å²) in [5, 5.41) is 5.08. The van der Waals surface area contributed by atoms with Gasteiger partial charge in [-0.15, -0.1) is 11.3 Å². The first kappa shape index (κ1) is 20.2. The van der Waals surface area contributed by atoms with Crippen molar-refractivity contribution in [1.82, 2.24) is 10.2 Å². The maximum Gasteiger partial charge on any atom is 0.227 e. The number of carbonyl (C=O) groups excluding carboxylic acids is 2. The maximum absolute atomic E-state index is 12.4. The number of carbonyl (C=O) groups is 2. The Morgan fingerprint density at radius 1 is 1.11 bits per heavy atom. The molecule has 1 aliphatic heterocycles. The molecule has 7 heteroatoms. The monoisotopic (exact) mass is 402 g/mol. The highest BCUT2D eigenvalue weighted by molar-refractivity contribution is 7.10. The molecule has 3 rings (SSSR count). The molecule has 0 spiro atoms. The molecular formula is C21H26N2O4S. The lowest BCUT2D eigenvalue weighted by Crippen LogP contribution is -2.47. The van der Waals surface area contributed by atoms with Crippen LogP contribution in [-0.2, 0) is 22.4 Å². The van der Waals surface area contributed by atoms with Gasteiger partial charge in [0.1, 0.15) is 0 Å². The first-order chi connectivity index (χ1) is 13.6. The lowest BCUT2D eigenvalue weighted by atomic mass is 10.0. The fraction of sp³-hybridized carbons (Fsp3) is 0.429. The Kier molecular flexibility index (Phi) is 6.92. The van der Waals surface area contributed by atoms with E-state index in [-0.39, 0.29) is 24.3 Å². The highest BCUT2D eigenvalue weighted by atomic mass is 32.1. The normalized spacial score (nSPS) is 14.6. The van der Waals surface area contributed by atoms with E-state index in [0.717, 1.165) is 23.3 Å². The predicted octanol–water partition coefficient (Wildman–Crippen LogP) is 2.66. The number of nitrogens with one attached hydrogen (secondary N) is 1. The third kappa shape index (κ3) is 5.25. The molecule has 150 valence electrons. The molecule has 1 N–H and O–H groups in total. The minimum Gasteiger partial charge on any atom is -0.493 e. The van der Waals surface area contributed by atoms with Gasteiger partial charge in [0.25, 0.3) is 0 Å². The molecule has 1 aliphatic rings. The molecule has 0 radical (unpaired) electrons. The molecular weight excluding hydrogens is 376 g/mol. The number of thiophene rings is 1. The number of amides is 2. The van der Waals surface area contributed by atoms with Gasteiger partial charge in [0.05, 0.1) is 27.1 Å². The summed E-state index contributed by atoms with van der Waals surface area (Å²) in [7, 11) is 3.16. The maximum atomic E-state index is 12.4. The van der Waals surface area contributed by atoms with Crippen LogP contribution >= 0.6 is 11.3 Å². The number of hydrogen-bond donors (Lipinski definition) is 1. The van der Waals surface area contributed by atoms with Gasteiger partial charge in [-0.3, -0.25) is 9.59 Å². The Morgan fingerprint density at radius 3 is 2.50 bits per heavy atom.